The van der Waals surface area contributed by atoms with Gasteiger partial charge in [-0.1, -0.05) is 5.16 Å². The molecule has 0 radical (unpaired) electrons. The molecule has 122 valence electrons. The summed E-state index contributed by atoms with van der Waals surface area (Å²) in [7, 11) is 1.37. The van der Waals surface area contributed by atoms with E-state index in [0.717, 1.165) is 0 Å². The minimum Gasteiger partial charge on any atom is -0.475 e. The van der Waals surface area contributed by atoms with Crippen LogP contribution in [0.1, 0.15) is 29.1 Å². The van der Waals surface area contributed by atoms with Gasteiger partial charge in [-0.25, -0.2) is 9.18 Å². The monoisotopic (exact) mass is 322 g/mol. The first-order chi connectivity index (χ1) is 10.9. The van der Waals surface area contributed by atoms with E-state index in [2.05, 4.69) is 10.5 Å². The van der Waals surface area contributed by atoms with Crippen LogP contribution in [0.3, 0.4) is 0 Å². The summed E-state index contributed by atoms with van der Waals surface area (Å²) >= 11 is 0. The van der Waals surface area contributed by atoms with Crippen LogP contribution in [-0.2, 0) is 9.53 Å². The molecule has 0 aliphatic rings. The van der Waals surface area contributed by atoms with E-state index in [1.807, 2.05) is 0 Å². The van der Waals surface area contributed by atoms with Crippen LogP contribution in [0.25, 0.3) is 11.3 Å². The SMILES string of the molecule is COCC(=O)N[C@H](C)c1c(-c2ccc(F)cc2)noc1C(=O)O. The number of methoxy groups -OCH3 is 1. The predicted octanol–water partition coefficient (Wildman–Crippen LogP) is 2.00. The lowest BCUT2D eigenvalue weighted by Gasteiger charge is -2.14. The van der Waals surface area contributed by atoms with E-state index in [4.69, 9.17) is 9.26 Å². The van der Waals surface area contributed by atoms with Crippen molar-refractivity contribution in [3.8, 4) is 11.3 Å². The zero-order valence-corrected chi connectivity index (χ0v) is 12.5. The van der Waals surface area contributed by atoms with Crippen molar-refractivity contribution in [3.63, 3.8) is 0 Å². The Morgan fingerprint density at radius 3 is 2.61 bits per heavy atom. The van der Waals surface area contributed by atoms with Crippen LogP contribution in [0.15, 0.2) is 28.8 Å². The van der Waals surface area contributed by atoms with Gasteiger partial charge < -0.3 is 19.7 Å². The minimum atomic E-state index is -1.31. The molecule has 2 rings (SSSR count). The van der Waals surface area contributed by atoms with Gasteiger partial charge in [0.05, 0.1) is 11.6 Å². The minimum absolute atomic E-state index is 0.163. The topological polar surface area (TPSA) is 102 Å². The molecule has 0 bridgehead atoms. The van der Waals surface area contributed by atoms with Crippen LogP contribution >= 0.6 is 0 Å². The van der Waals surface area contributed by atoms with Crippen molar-refractivity contribution in [1.82, 2.24) is 10.5 Å². The van der Waals surface area contributed by atoms with Crippen molar-refractivity contribution < 1.29 is 28.3 Å². The highest BCUT2D eigenvalue weighted by molar-refractivity contribution is 5.89. The van der Waals surface area contributed by atoms with Crippen LogP contribution in [0, 0.1) is 5.82 Å². The van der Waals surface area contributed by atoms with Crippen molar-refractivity contribution in [1.29, 1.82) is 0 Å². The zero-order valence-electron chi connectivity index (χ0n) is 12.5. The molecule has 1 heterocycles. The van der Waals surface area contributed by atoms with Gasteiger partial charge in [0, 0.05) is 12.7 Å². The van der Waals surface area contributed by atoms with E-state index < -0.39 is 23.7 Å². The van der Waals surface area contributed by atoms with E-state index >= 15 is 0 Å². The molecule has 8 heteroatoms. The Hall–Kier alpha value is -2.74. The summed E-state index contributed by atoms with van der Waals surface area (Å²) < 4.78 is 22.6. The van der Waals surface area contributed by atoms with E-state index in [1.54, 1.807) is 6.92 Å². The van der Waals surface area contributed by atoms with Crippen molar-refractivity contribution in [2.24, 2.45) is 0 Å². The molecule has 1 atom stereocenters. The molecule has 1 aromatic carbocycles. The third kappa shape index (κ3) is 3.72. The summed E-state index contributed by atoms with van der Waals surface area (Å²) in [6.07, 6.45) is 0. The Labute approximate surface area is 131 Å². The summed E-state index contributed by atoms with van der Waals surface area (Å²) in [6.45, 7) is 1.43. The number of rotatable bonds is 6. The fourth-order valence-corrected chi connectivity index (χ4v) is 2.16. The molecule has 0 saturated heterocycles. The fraction of sp³-hybridized carbons (Fsp3) is 0.267. The number of halogens is 1. The second-order valence-corrected chi connectivity index (χ2v) is 4.81. The molecule has 23 heavy (non-hydrogen) atoms. The summed E-state index contributed by atoms with van der Waals surface area (Å²) in [6, 6.07) is 4.66. The number of ether oxygens (including phenoxy) is 1. The van der Waals surface area contributed by atoms with E-state index in [-0.39, 0.29) is 23.6 Å². The number of carboxylic acids is 1. The Morgan fingerprint density at radius 1 is 1.39 bits per heavy atom. The Morgan fingerprint density at radius 2 is 2.04 bits per heavy atom. The number of aromatic nitrogens is 1. The van der Waals surface area contributed by atoms with Crippen LogP contribution in [-0.4, -0.2) is 35.9 Å². The van der Waals surface area contributed by atoms with Crippen molar-refractivity contribution in [3.05, 3.63) is 41.4 Å². The number of carboxylic acid groups (broad SMARTS) is 1. The summed E-state index contributed by atoms with van der Waals surface area (Å²) in [5, 5.41) is 15.6. The third-order valence-electron chi connectivity index (χ3n) is 3.13. The first-order valence-corrected chi connectivity index (χ1v) is 6.71. The normalized spacial score (nSPS) is 12.0. The number of aromatic carboxylic acids is 1. The van der Waals surface area contributed by atoms with Gasteiger partial charge in [0.2, 0.25) is 11.7 Å². The summed E-state index contributed by atoms with van der Waals surface area (Å²) in [5.41, 5.74) is 0.909. The van der Waals surface area contributed by atoms with Gasteiger partial charge in [-0.2, -0.15) is 0 Å². The van der Waals surface area contributed by atoms with Crippen LogP contribution < -0.4 is 5.32 Å². The number of carbonyl (C=O) groups excluding carboxylic acids is 1. The summed E-state index contributed by atoms with van der Waals surface area (Å²) in [4.78, 5) is 22.9. The Kier molecular flexibility index (Phi) is 5.07. The molecular weight excluding hydrogens is 307 g/mol. The van der Waals surface area contributed by atoms with Gasteiger partial charge in [-0.05, 0) is 31.2 Å². The van der Waals surface area contributed by atoms with E-state index in [9.17, 15) is 19.1 Å². The average molecular weight is 322 g/mol. The molecule has 0 unspecified atom stereocenters. The summed E-state index contributed by atoms with van der Waals surface area (Å²) in [5.74, 6) is -2.54. The molecule has 0 aliphatic heterocycles. The van der Waals surface area contributed by atoms with Crippen molar-refractivity contribution >= 4 is 11.9 Å². The maximum absolute atomic E-state index is 13.0. The molecule has 0 fully saturated rings. The van der Waals surface area contributed by atoms with Gasteiger partial charge in [0.1, 0.15) is 18.1 Å². The number of nitrogens with one attached hydrogen (secondary N) is 1. The molecule has 0 aliphatic carbocycles. The molecule has 0 spiro atoms. The first-order valence-electron chi connectivity index (χ1n) is 6.71. The largest absolute Gasteiger partial charge is 0.475 e. The zero-order chi connectivity index (χ0) is 17.0. The number of nitrogens with zero attached hydrogens (tertiary/aromatic N) is 1. The highest BCUT2D eigenvalue weighted by Crippen LogP contribution is 2.30. The number of carbonyl (C=O) groups is 2. The van der Waals surface area contributed by atoms with Gasteiger partial charge in [0.25, 0.3) is 0 Å². The second-order valence-electron chi connectivity index (χ2n) is 4.81. The van der Waals surface area contributed by atoms with Gasteiger partial charge in [-0.3, -0.25) is 4.79 Å². The lowest BCUT2D eigenvalue weighted by molar-refractivity contribution is -0.125. The molecule has 2 aromatic rings. The maximum Gasteiger partial charge on any atom is 0.375 e. The number of benzene rings is 1. The van der Waals surface area contributed by atoms with Crippen molar-refractivity contribution in [2.75, 3.05) is 13.7 Å². The molecule has 1 amide bonds. The number of hydrogen-bond donors (Lipinski definition) is 2. The van der Waals surface area contributed by atoms with Crippen LogP contribution in [0.5, 0.6) is 0 Å². The molecule has 0 saturated carbocycles. The first kappa shape index (κ1) is 16.6. The van der Waals surface area contributed by atoms with Gasteiger partial charge in [0.15, 0.2) is 0 Å². The van der Waals surface area contributed by atoms with Gasteiger partial charge >= 0.3 is 5.97 Å². The Balaban J connectivity index is 2.42. The number of hydrogen-bond acceptors (Lipinski definition) is 5. The standard InChI is InChI=1S/C15H15FN2O5/c1-8(17-11(19)7-22-2)12-13(18-23-14(12)15(20)21)9-3-5-10(16)6-4-9/h3-6,8H,7H2,1-2H3,(H,17,19)(H,20,21)/t8-/m1/s1. The van der Waals surface area contributed by atoms with Gasteiger partial charge in [-0.15, -0.1) is 0 Å². The second kappa shape index (κ2) is 7.01. The quantitative estimate of drug-likeness (QED) is 0.843. The highest BCUT2D eigenvalue weighted by Gasteiger charge is 2.27. The third-order valence-corrected chi connectivity index (χ3v) is 3.13. The van der Waals surface area contributed by atoms with Crippen LogP contribution in [0.4, 0.5) is 4.39 Å². The van der Waals surface area contributed by atoms with E-state index in [0.29, 0.717) is 5.56 Å². The number of amides is 1. The van der Waals surface area contributed by atoms with Crippen LogP contribution in [0.2, 0.25) is 0 Å². The molecule has 2 N–H and O–H groups in total. The Bertz CT molecular complexity index is 711. The lowest BCUT2D eigenvalue weighted by Crippen LogP contribution is -2.30. The van der Waals surface area contributed by atoms with Crippen molar-refractivity contribution in [2.45, 2.75) is 13.0 Å². The predicted molar refractivity (Wildman–Crippen MR) is 77.3 cm³/mol. The maximum atomic E-state index is 13.0. The smallest absolute Gasteiger partial charge is 0.375 e. The fourth-order valence-electron chi connectivity index (χ4n) is 2.16. The molecular formula is C15H15FN2O5. The highest BCUT2D eigenvalue weighted by atomic mass is 19.1. The average Bonchev–Trinajstić information content (AvgIpc) is 2.93. The molecule has 7 nitrogen and oxygen atoms in total. The lowest BCUT2D eigenvalue weighted by atomic mass is 10.0. The molecule has 1 aromatic heterocycles. The van der Waals surface area contributed by atoms with E-state index in [1.165, 1.54) is 31.4 Å².